The van der Waals surface area contributed by atoms with Crippen LogP contribution >= 0.6 is 0 Å². The van der Waals surface area contributed by atoms with Crippen LogP contribution in [0.4, 0.5) is 23.7 Å². The van der Waals surface area contributed by atoms with Crippen molar-refractivity contribution in [3.63, 3.8) is 0 Å². The number of halogens is 3. The fraction of sp³-hybridized carbons (Fsp3) is 0.143. The van der Waals surface area contributed by atoms with Gasteiger partial charge in [0.1, 0.15) is 6.04 Å². The van der Waals surface area contributed by atoms with Gasteiger partial charge in [0.05, 0.1) is 16.9 Å². The molecular weight excluding hydrogens is 283 g/mol. The van der Waals surface area contributed by atoms with Crippen LogP contribution < -0.4 is 10.6 Å². The zero-order valence-corrected chi connectivity index (χ0v) is 10.6. The molecule has 0 aliphatic carbocycles. The van der Waals surface area contributed by atoms with Crippen LogP contribution in [0, 0.1) is 0 Å². The molecule has 3 rings (SSSR count). The molecule has 4 nitrogen and oxygen atoms in total. The Morgan fingerprint density at radius 3 is 2.57 bits per heavy atom. The number of alkyl halides is 3. The lowest BCUT2D eigenvalue weighted by Gasteiger charge is -2.29. The molecule has 0 radical (unpaired) electrons. The number of anilines is 1. The quantitative estimate of drug-likeness (QED) is 0.847. The Morgan fingerprint density at radius 1 is 1.10 bits per heavy atom. The molecule has 0 bridgehead atoms. The summed E-state index contributed by atoms with van der Waals surface area (Å²) in [5.74, 6) is 0. The molecule has 21 heavy (non-hydrogen) atoms. The predicted octanol–water partition coefficient (Wildman–Crippen LogP) is 3.32. The second-order valence-corrected chi connectivity index (χ2v) is 4.55. The molecule has 1 aromatic heterocycles. The fourth-order valence-corrected chi connectivity index (χ4v) is 2.32. The zero-order chi connectivity index (χ0) is 15.0. The second-order valence-electron chi connectivity index (χ2n) is 4.55. The third kappa shape index (κ3) is 2.42. The lowest BCUT2D eigenvalue weighted by Crippen LogP contribution is -2.39. The summed E-state index contributed by atoms with van der Waals surface area (Å²) in [4.78, 5) is 15.8. The smallest absolute Gasteiger partial charge is 0.325 e. The molecule has 0 spiro atoms. The Hall–Kier alpha value is -2.57. The lowest BCUT2D eigenvalue weighted by atomic mass is 9.96. The van der Waals surface area contributed by atoms with E-state index in [0.717, 1.165) is 6.07 Å². The highest BCUT2D eigenvalue weighted by Gasteiger charge is 2.38. The van der Waals surface area contributed by atoms with E-state index in [-0.39, 0.29) is 5.69 Å². The van der Waals surface area contributed by atoms with E-state index in [4.69, 9.17) is 0 Å². The highest BCUT2D eigenvalue weighted by molar-refractivity contribution is 5.94. The molecule has 1 aromatic carbocycles. The number of aromatic nitrogens is 1. The molecule has 108 valence electrons. The molecule has 7 heteroatoms. The van der Waals surface area contributed by atoms with Crippen LogP contribution in [0.1, 0.15) is 22.9 Å². The van der Waals surface area contributed by atoms with Crippen LogP contribution in [0.25, 0.3) is 0 Å². The van der Waals surface area contributed by atoms with Crippen LogP contribution in [0.15, 0.2) is 42.6 Å². The molecule has 2 amide bonds. The first-order chi connectivity index (χ1) is 9.97. The monoisotopic (exact) mass is 293 g/mol. The van der Waals surface area contributed by atoms with Gasteiger partial charge >= 0.3 is 12.2 Å². The zero-order valence-electron chi connectivity index (χ0n) is 10.6. The van der Waals surface area contributed by atoms with Gasteiger partial charge in [0, 0.05) is 11.8 Å². The SMILES string of the molecule is O=C1Nc2c(cccc2C(F)(F)F)C(c2ccccn2)N1. The van der Waals surface area contributed by atoms with Crippen molar-refractivity contribution in [2.75, 3.05) is 5.32 Å². The van der Waals surface area contributed by atoms with Crippen molar-refractivity contribution in [2.24, 2.45) is 0 Å². The summed E-state index contributed by atoms with van der Waals surface area (Å²) in [6.45, 7) is 0. The van der Waals surface area contributed by atoms with Gasteiger partial charge in [0.15, 0.2) is 0 Å². The highest BCUT2D eigenvalue weighted by atomic mass is 19.4. The number of nitrogens with zero attached hydrogens (tertiary/aromatic N) is 1. The minimum absolute atomic E-state index is 0.218. The van der Waals surface area contributed by atoms with E-state index in [1.807, 2.05) is 0 Å². The summed E-state index contributed by atoms with van der Waals surface area (Å²) in [5.41, 5.74) is -0.267. The van der Waals surface area contributed by atoms with Gasteiger partial charge < -0.3 is 10.6 Å². The summed E-state index contributed by atoms with van der Waals surface area (Å²) in [6.07, 6.45) is -3.01. The van der Waals surface area contributed by atoms with Gasteiger partial charge in [-0.25, -0.2) is 4.79 Å². The predicted molar refractivity (Wildman–Crippen MR) is 69.7 cm³/mol. The minimum atomic E-state index is -4.54. The largest absolute Gasteiger partial charge is 0.418 e. The van der Waals surface area contributed by atoms with E-state index in [1.54, 1.807) is 18.2 Å². The van der Waals surface area contributed by atoms with Crippen molar-refractivity contribution >= 4 is 11.7 Å². The fourth-order valence-electron chi connectivity index (χ4n) is 2.32. The summed E-state index contributed by atoms with van der Waals surface area (Å²) < 4.78 is 39.1. The first kappa shape index (κ1) is 13.4. The van der Waals surface area contributed by atoms with Crippen LogP contribution in [0.3, 0.4) is 0 Å². The average molecular weight is 293 g/mol. The van der Waals surface area contributed by atoms with Crippen molar-refractivity contribution in [2.45, 2.75) is 12.2 Å². The summed E-state index contributed by atoms with van der Waals surface area (Å²) in [5, 5.41) is 4.82. The van der Waals surface area contributed by atoms with Crippen molar-refractivity contribution < 1.29 is 18.0 Å². The van der Waals surface area contributed by atoms with Gasteiger partial charge in [-0.2, -0.15) is 13.2 Å². The average Bonchev–Trinajstić information content (AvgIpc) is 2.45. The van der Waals surface area contributed by atoms with Gasteiger partial charge in [-0.15, -0.1) is 0 Å². The first-order valence-corrected chi connectivity index (χ1v) is 6.15. The van der Waals surface area contributed by atoms with Gasteiger partial charge in [-0.3, -0.25) is 4.98 Å². The normalized spacial score (nSPS) is 17.7. The standard InChI is InChI=1S/C14H10F3N3O/c15-14(16,17)9-5-3-4-8-11(9)19-13(21)20-12(8)10-6-1-2-7-18-10/h1-7,12H,(H2,19,20,21). The number of amides is 2. The Balaban J connectivity index is 2.16. The molecule has 0 fully saturated rings. The number of pyridine rings is 1. The molecule has 2 heterocycles. The maximum Gasteiger partial charge on any atom is 0.418 e. The van der Waals surface area contributed by atoms with Gasteiger partial charge in [0.25, 0.3) is 0 Å². The number of carbonyl (C=O) groups is 1. The summed E-state index contributed by atoms with van der Waals surface area (Å²) in [6, 6.07) is 7.46. The number of nitrogens with one attached hydrogen (secondary N) is 2. The van der Waals surface area contributed by atoms with Crippen molar-refractivity contribution in [3.05, 3.63) is 59.4 Å². The van der Waals surface area contributed by atoms with E-state index in [2.05, 4.69) is 15.6 Å². The highest BCUT2D eigenvalue weighted by Crippen LogP contribution is 2.41. The number of hydrogen-bond acceptors (Lipinski definition) is 2. The molecule has 1 unspecified atom stereocenters. The van der Waals surface area contributed by atoms with Gasteiger partial charge in [0.2, 0.25) is 0 Å². The Morgan fingerprint density at radius 2 is 1.90 bits per heavy atom. The molecule has 0 saturated carbocycles. The number of benzene rings is 1. The molecule has 1 aliphatic rings. The van der Waals surface area contributed by atoms with E-state index >= 15 is 0 Å². The van der Waals surface area contributed by atoms with Gasteiger partial charge in [-0.05, 0) is 18.2 Å². The lowest BCUT2D eigenvalue weighted by molar-refractivity contribution is -0.137. The molecule has 0 saturated heterocycles. The maximum absolute atomic E-state index is 13.0. The Kier molecular flexibility index (Phi) is 3.04. The number of fused-ring (bicyclic) bond motifs is 1. The molecular formula is C14H10F3N3O. The van der Waals surface area contributed by atoms with Crippen LogP contribution in [0.2, 0.25) is 0 Å². The number of urea groups is 1. The minimum Gasteiger partial charge on any atom is -0.325 e. The van der Waals surface area contributed by atoms with E-state index in [0.29, 0.717) is 11.3 Å². The Bertz CT molecular complexity index is 686. The number of carbonyl (C=O) groups excluding carboxylic acids is 1. The topological polar surface area (TPSA) is 54.0 Å². The van der Waals surface area contributed by atoms with Crippen molar-refractivity contribution in [1.29, 1.82) is 0 Å². The first-order valence-electron chi connectivity index (χ1n) is 6.15. The maximum atomic E-state index is 13.0. The molecule has 1 atom stereocenters. The van der Waals surface area contributed by atoms with E-state index < -0.39 is 23.8 Å². The van der Waals surface area contributed by atoms with Gasteiger partial charge in [-0.1, -0.05) is 18.2 Å². The summed E-state index contributed by atoms with van der Waals surface area (Å²) >= 11 is 0. The molecule has 2 N–H and O–H groups in total. The molecule has 1 aliphatic heterocycles. The Labute approximate surface area is 118 Å². The summed E-state index contributed by atoms with van der Waals surface area (Å²) in [7, 11) is 0. The van der Waals surface area contributed by atoms with Crippen molar-refractivity contribution in [3.8, 4) is 0 Å². The van der Waals surface area contributed by atoms with E-state index in [1.165, 1.54) is 18.3 Å². The number of rotatable bonds is 1. The third-order valence-corrected chi connectivity index (χ3v) is 3.21. The van der Waals surface area contributed by atoms with Crippen LogP contribution in [-0.2, 0) is 6.18 Å². The molecule has 2 aromatic rings. The second kappa shape index (κ2) is 4.76. The third-order valence-electron chi connectivity index (χ3n) is 3.21. The van der Waals surface area contributed by atoms with Crippen LogP contribution in [0.5, 0.6) is 0 Å². The van der Waals surface area contributed by atoms with E-state index in [9.17, 15) is 18.0 Å². The van der Waals surface area contributed by atoms with Crippen LogP contribution in [-0.4, -0.2) is 11.0 Å². The van der Waals surface area contributed by atoms with Crippen molar-refractivity contribution in [1.82, 2.24) is 10.3 Å². The number of para-hydroxylation sites is 1. The number of hydrogen-bond donors (Lipinski definition) is 2.